The summed E-state index contributed by atoms with van der Waals surface area (Å²) in [5, 5.41) is 9.96. The molecule has 0 saturated heterocycles. The highest BCUT2D eigenvalue weighted by Crippen LogP contribution is 2.32. The van der Waals surface area contributed by atoms with E-state index < -0.39 is 10.8 Å². The van der Waals surface area contributed by atoms with Crippen molar-refractivity contribution in [3.05, 3.63) is 89.1 Å². The molecule has 0 bridgehead atoms. The molecule has 0 radical (unpaired) electrons. The third-order valence-corrected chi connectivity index (χ3v) is 6.71. The van der Waals surface area contributed by atoms with Crippen LogP contribution in [0.25, 0.3) is 16.5 Å². The monoisotopic (exact) mass is 415 g/mol. The molecule has 1 unspecified atom stereocenters. The number of hydrogen-bond donors (Lipinski definition) is 1. The molecule has 1 aliphatic rings. The largest absolute Gasteiger partial charge is 0.310 e. The highest BCUT2D eigenvalue weighted by atomic mass is 32.2. The Kier molecular flexibility index (Phi) is 4.71. The van der Waals surface area contributed by atoms with Gasteiger partial charge in [0.2, 0.25) is 5.91 Å². The predicted molar refractivity (Wildman–Crippen MR) is 120 cm³/mol. The summed E-state index contributed by atoms with van der Waals surface area (Å²) in [5.74, 6) is 1.38. The maximum Gasteiger partial charge on any atom is 0.229 e. The molecule has 6 heteroatoms. The van der Waals surface area contributed by atoms with Crippen LogP contribution in [0.1, 0.15) is 22.4 Å². The Bertz CT molecular complexity index is 1300. The number of amides is 1. The van der Waals surface area contributed by atoms with Gasteiger partial charge in [-0.3, -0.25) is 9.00 Å². The first-order valence-corrected chi connectivity index (χ1v) is 11.4. The van der Waals surface area contributed by atoms with Crippen molar-refractivity contribution in [1.82, 2.24) is 9.78 Å². The first-order chi connectivity index (χ1) is 14.6. The van der Waals surface area contributed by atoms with Crippen LogP contribution in [0.15, 0.2) is 66.7 Å². The van der Waals surface area contributed by atoms with E-state index in [1.54, 1.807) is 4.68 Å². The molecule has 4 aromatic rings. The zero-order chi connectivity index (χ0) is 20.7. The molecule has 1 aliphatic heterocycles. The predicted octanol–water partition coefficient (Wildman–Crippen LogP) is 4.28. The molecule has 1 amide bonds. The Morgan fingerprint density at radius 2 is 1.80 bits per heavy atom. The number of fused-ring (bicyclic) bond motifs is 2. The quantitative estimate of drug-likeness (QED) is 0.541. The molecular formula is C24H21N3O2S. The number of carbonyl (C=O) groups excluding carboxylic acids is 1. The van der Waals surface area contributed by atoms with E-state index in [-0.39, 0.29) is 12.3 Å². The van der Waals surface area contributed by atoms with Gasteiger partial charge in [0.25, 0.3) is 0 Å². The van der Waals surface area contributed by atoms with E-state index in [0.717, 1.165) is 38.8 Å². The lowest BCUT2D eigenvalue weighted by Gasteiger charge is -2.13. The fraction of sp³-hybridized carbons (Fsp3) is 0.167. The van der Waals surface area contributed by atoms with Crippen LogP contribution in [0.4, 0.5) is 5.82 Å². The van der Waals surface area contributed by atoms with Gasteiger partial charge >= 0.3 is 0 Å². The van der Waals surface area contributed by atoms with Crippen LogP contribution < -0.4 is 5.32 Å². The summed E-state index contributed by atoms with van der Waals surface area (Å²) in [6, 6.07) is 22.0. The minimum Gasteiger partial charge on any atom is -0.310 e. The number of benzene rings is 3. The Hall–Kier alpha value is -3.25. The minimum absolute atomic E-state index is 0.110. The van der Waals surface area contributed by atoms with Crippen LogP contribution >= 0.6 is 0 Å². The van der Waals surface area contributed by atoms with Crippen LogP contribution in [-0.2, 0) is 33.5 Å². The number of aromatic nitrogens is 2. The van der Waals surface area contributed by atoms with Gasteiger partial charge in [0, 0.05) is 16.4 Å². The number of carbonyl (C=O) groups is 1. The summed E-state index contributed by atoms with van der Waals surface area (Å²) in [7, 11) is -0.967. The topological polar surface area (TPSA) is 64.0 Å². The lowest BCUT2D eigenvalue weighted by molar-refractivity contribution is -0.115. The summed E-state index contributed by atoms with van der Waals surface area (Å²) in [4.78, 5) is 13.0. The molecule has 1 N–H and O–H groups in total. The highest BCUT2D eigenvalue weighted by Gasteiger charge is 2.28. The van der Waals surface area contributed by atoms with Gasteiger partial charge in [-0.1, -0.05) is 60.7 Å². The summed E-state index contributed by atoms with van der Waals surface area (Å²) >= 11 is 0. The van der Waals surface area contributed by atoms with Crippen LogP contribution in [0.2, 0.25) is 0 Å². The van der Waals surface area contributed by atoms with Crippen molar-refractivity contribution < 1.29 is 9.00 Å². The Morgan fingerprint density at radius 1 is 1.03 bits per heavy atom. The summed E-state index contributed by atoms with van der Waals surface area (Å²) in [6.07, 6.45) is 0.262. The van der Waals surface area contributed by atoms with E-state index in [2.05, 4.69) is 5.32 Å². The molecule has 0 aliphatic carbocycles. The van der Waals surface area contributed by atoms with E-state index in [4.69, 9.17) is 5.10 Å². The number of hydrogen-bond acceptors (Lipinski definition) is 3. The fourth-order valence-electron chi connectivity index (χ4n) is 4.03. The van der Waals surface area contributed by atoms with Crippen molar-refractivity contribution in [2.24, 2.45) is 0 Å². The van der Waals surface area contributed by atoms with Crippen molar-refractivity contribution in [3.63, 3.8) is 0 Å². The first kappa shape index (κ1) is 18.8. The standard InChI is InChI=1S/C24H21N3O2S/c1-16-7-2-5-12-22(16)27-24(20-14-30(29)15-21(20)26-27)25-23(28)13-18-10-6-9-17-8-3-4-11-19(17)18/h2-12H,13-15H2,1H3,(H,25,28). The SMILES string of the molecule is Cc1ccccc1-n1nc2c(c1NC(=O)Cc1cccc3ccccc13)CS(=O)C2. The molecular weight excluding hydrogens is 394 g/mol. The molecule has 3 aromatic carbocycles. The van der Waals surface area contributed by atoms with Gasteiger partial charge in [-0.2, -0.15) is 5.10 Å². The van der Waals surface area contributed by atoms with E-state index >= 15 is 0 Å². The van der Waals surface area contributed by atoms with Gasteiger partial charge in [0.05, 0.1) is 29.3 Å². The lowest BCUT2D eigenvalue weighted by atomic mass is 10.0. The number of nitrogens with zero attached hydrogens (tertiary/aromatic N) is 2. The second kappa shape index (κ2) is 7.54. The van der Waals surface area contributed by atoms with Crippen LogP contribution in [0, 0.1) is 6.92 Å². The lowest BCUT2D eigenvalue weighted by Crippen LogP contribution is -2.18. The second-order valence-electron chi connectivity index (χ2n) is 7.56. The molecule has 1 aromatic heterocycles. The molecule has 1 atom stereocenters. The number of para-hydroxylation sites is 1. The number of nitrogens with one attached hydrogen (secondary N) is 1. The zero-order valence-corrected chi connectivity index (χ0v) is 17.4. The summed E-state index contributed by atoms with van der Waals surface area (Å²) in [6.45, 7) is 2.02. The van der Waals surface area contributed by atoms with Gasteiger partial charge in [-0.15, -0.1) is 0 Å². The number of aryl methyl sites for hydroxylation is 1. The van der Waals surface area contributed by atoms with E-state index in [1.165, 1.54) is 0 Å². The Morgan fingerprint density at radius 3 is 2.67 bits per heavy atom. The average molecular weight is 416 g/mol. The van der Waals surface area contributed by atoms with Gasteiger partial charge in [0.15, 0.2) is 0 Å². The summed E-state index contributed by atoms with van der Waals surface area (Å²) in [5.41, 5.74) is 4.63. The normalized spacial score (nSPS) is 15.3. The Labute approximate surface area is 177 Å². The van der Waals surface area contributed by atoms with Gasteiger partial charge in [-0.05, 0) is 34.9 Å². The first-order valence-electron chi connectivity index (χ1n) is 9.88. The molecule has 0 fully saturated rings. The second-order valence-corrected chi connectivity index (χ2v) is 9.02. The number of anilines is 1. The van der Waals surface area contributed by atoms with Gasteiger partial charge < -0.3 is 5.32 Å². The van der Waals surface area contributed by atoms with E-state index in [1.807, 2.05) is 73.7 Å². The van der Waals surface area contributed by atoms with Crippen molar-refractivity contribution >= 4 is 33.3 Å². The molecule has 5 nitrogen and oxygen atoms in total. The molecule has 2 heterocycles. The summed E-state index contributed by atoms with van der Waals surface area (Å²) < 4.78 is 13.9. The van der Waals surface area contributed by atoms with Gasteiger partial charge in [-0.25, -0.2) is 4.68 Å². The van der Waals surface area contributed by atoms with Crippen LogP contribution in [0.3, 0.4) is 0 Å². The van der Waals surface area contributed by atoms with E-state index in [0.29, 0.717) is 17.3 Å². The van der Waals surface area contributed by atoms with Crippen LogP contribution in [-0.4, -0.2) is 19.9 Å². The van der Waals surface area contributed by atoms with Gasteiger partial charge in [0.1, 0.15) is 5.82 Å². The number of rotatable bonds is 4. The molecule has 5 rings (SSSR count). The maximum absolute atomic E-state index is 13.0. The van der Waals surface area contributed by atoms with Crippen molar-refractivity contribution in [3.8, 4) is 5.69 Å². The zero-order valence-electron chi connectivity index (χ0n) is 16.6. The molecule has 30 heavy (non-hydrogen) atoms. The molecule has 150 valence electrons. The minimum atomic E-state index is -0.967. The van der Waals surface area contributed by atoms with Crippen molar-refractivity contribution in [1.29, 1.82) is 0 Å². The molecule has 0 spiro atoms. The van der Waals surface area contributed by atoms with Crippen LogP contribution in [0.5, 0.6) is 0 Å². The third kappa shape index (κ3) is 3.33. The fourth-order valence-corrected chi connectivity index (χ4v) is 5.29. The smallest absolute Gasteiger partial charge is 0.229 e. The van der Waals surface area contributed by atoms with Crippen molar-refractivity contribution in [2.75, 3.05) is 5.32 Å². The third-order valence-electron chi connectivity index (χ3n) is 5.50. The molecule has 0 saturated carbocycles. The highest BCUT2D eigenvalue weighted by molar-refractivity contribution is 7.83. The van der Waals surface area contributed by atoms with E-state index in [9.17, 15) is 9.00 Å². The maximum atomic E-state index is 13.0. The van der Waals surface area contributed by atoms with Crippen molar-refractivity contribution in [2.45, 2.75) is 24.9 Å². The average Bonchev–Trinajstić information content (AvgIpc) is 3.25. The Balaban J connectivity index is 1.50.